The van der Waals surface area contributed by atoms with E-state index in [1.165, 1.54) is 11.8 Å². The van der Waals surface area contributed by atoms with Crippen molar-refractivity contribution in [1.82, 2.24) is 9.97 Å². The molecule has 3 N–H and O–H groups in total. The minimum Gasteiger partial charge on any atom is -0.478 e. The van der Waals surface area contributed by atoms with Crippen LogP contribution in [0.25, 0.3) is 0 Å². The lowest BCUT2D eigenvalue weighted by Crippen LogP contribution is -2.10. The molecule has 1 rings (SSSR count). The van der Waals surface area contributed by atoms with E-state index in [0.29, 0.717) is 23.5 Å². The van der Waals surface area contributed by atoms with Crippen molar-refractivity contribution < 1.29 is 4.74 Å². The zero-order valence-corrected chi connectivity index (χ0v) is 9.80. The number of unbranched alkanes of at least 4 members (excludes halogenated alkanes) is 1. The summed E-state index contributed by atoms with van der Waals surface area (Å²) in [6, 6.07) is 1.69. The van der Waals surface area contributed by atoms with E-state index < -0.39 is 0 Å². The molecule has 1 heterocycles. The highest BCUT2D eigenvalue weighted by molar-refractivity contribution is 7.98. The molecule has 0 aliphatic heterocycles. The third kappa shape index (κ3) is 3.93. The Bertz CT molecular complexity index is 286. The second-order valence-corrected chi connectivity index (χ2v) is 3.70. The molecule has 6 heteroatoms. The summed E-state index contributed by atoms with van der Waals surface area (Å²) in [4.78, 5) is 8.34. The van der Waals surface area contributed by atoms with E-state index in [0.717, 1.165) is 12.8 Å². The standard InChI is InChI=1S/C9H16N4OS/c1-3-4-5-14-8-6-7(13-10)11-9(12-8)15-2/h6H,3-5,10H2,1-2H3,(H,11,12,13). The van der Waals surface area contributed by atoms with Crippen LogP contribution in [-0.4, -0.2) is 22.8 Å². The second kappa shape index (κ2) is 6.47. The summed E-state index contributed by atoms with van der Waals surface area (Å²) in [6.45, 7) is 2.79. The molecule has 0 saturated carbocycles. The zero-order valence-electron chi connectivity index (χ0n) is 8.99. The molecule has 15 heavy (non-hydrogen) atoms. The fraction of sp³-hybridized carbons (Fsp3) is 0.556. The third-order valence-corrected chi connectivity index (χ3v) is 2.31. The molecule has 0 aromatic carbocycles. The molecule has 0 radical (unpaired) electrons. The van der Waals surface area contributed by atoms with Gasteiger partial charge in [0.15, 0.2) is 5.16 Å². The van der Waals surface area contributed by atoms with Crippen molar-refractivity contribution in [2.24, 2.45) is 5.84 Å². The SMILES string of the molecule is CCCCOc1cc(NN)nc(SC)n1. The fourth-order valence-electron chi connectivity index (χ4n) is 0.964. The van der Waals surface area contributed by atoms with Crippen molar-refractivity contribution in [2.75, 3.05) is 18.3 Å². The number of rotatable bonds is 6. The minimum absolute atomic E-state index is 0.566. The molecular formula is C9H16N4OS. The van der Waals surface area contributed by atoms with Gasteiger partial charge in [-0.25, -0.2) is 10.8 Å². The van der Waals surface area contributed by atoms with Gasteiger partial charge in [0.25, 0.3) is 0 Å². The van der Waals surface area contributed by atoms with Crippen molar-refractivity contribution >= 4 is 17.6 Å². The van der Waals surface area contributed by atoms with Crippen LogP contribution in [0, 0.1) is 0 Å². The number of thioether (sulfide) groups is 1. The fourth-order valence-corrected chi connectivity index (χ4v) is 1.33. The van der Waals surface area contributed by atoms with Gasteiger partial charge in [0.05, 0.1) is 6.61 Å². The van der Waals surface area contributed by atoms with E-state index in [1.54, 1.807) is 6.07 Å². The van der Waals surface area contributed by atoms with Crippen LogP contribution < -0.4 is 16.0 Å². The van der Waals surface area contributed by atoms with Gasteiger partial charge in [-0.05, 0) is 12.7 Å². The average Bonchev–Trinajstić information content (AvgIpc) is 2.29. The number of nitrogens with one attached hydrogen (secondary N) is 1. The van der Waals surface area contributed by atoms with Crippen molar-refractivity contribution in [1.29, 1.82) is 0 Å². The lowest BCUT2D eigenvalue weighted by Gasteiger charge is -2.07. The van der Waals surface area contributed by atoms with Crippen LogP contribution in [0.2, 0.25) is 0 Å². The first kappa shape index (κ1) is 12.1. The Morgan fingerprint density at radius 2 is 2.33 bits per heavy atom. The molecule has 0 saturated heterocycles. The highest BCUT2D eigenvalue weighted by Gasteiger charge is 2.03. The van der Waals surface area contributed by atoms with Crippen LogP contribution in [-0.2, 0) is 0 Å². The van der Waals surface area contributed by atoms with E-state index in [9.17, 15) is 0 Å². The van der Waals surface area contributed by atoms with Gasteiger partial charge in [-0.3, -0.25) is 0 Å². The molecule has 0 amide bonds. The molecule has 1 aromatic rings. The summed E-state index contributed by atoms with van der Waals surface area (Å²) < 4.78 is 5.47. The number of anilines is 1. The van der Waals surface area contributed by atoms with E-state index in [2.05, 4.69) is 22.3 Å². The third-order valence-electron chi connectivity index (χ3n) is 1.76. The normalized spacial score (nSPS) is 10.1. The van der Waals surface area contributed by atoms with Crippen LogP contribution in [0.15, 0.2) is 11.2 Å². The summed E-state index contributed by atoms with van der Waals surface area (Å²) in [5.41, 5.74) is 2.49. The van der Waals surface area contributed by atoms with E-state index >= 15 is 0 Å². The number of aromatic nitrogens is 2. The Morgan fingerprint density at radius 3 is 2.93 bits per heavy atom. The average molecular weight is 228 g/mol. The molecule has 0 spiro atoms. The summed E-state index contributed by atoms with van der Waals surface area (Å²) in [5, 5.41) is 0.650. The Hall–Kier alpha value is -1.01. The van der Waals surface area contributed by atoms with Gasteiger partial charge >= 0.3 is 0 Å². The topological polar surface area (TPSA) is 73.1 Å². The second-order valence-electron chi connectivity index (χ2n) is 2.92. The Labute approximate surface area is 93.8 Å². The number of ether oxygens (including phenoxy) is 1. The Morgan fingerprint density at radius 1 is 1.53 bits per heavy atom. The van der Waals surface area contributed by atoms with Gasteiger partial charge in [0, 0.05) is 6.07 Å². The van der Waals surface area contributed by atoms with Gasteiger partial charge in [0.2, 0.25) is 5.88 Å². The number of nitrogens with two attached hydrogens (primary N) is 1. The van der Waals surface area contributed by atoms with Crippen molar-refractivity contribution in [2.45, 2.75) is 24.9 Å². The van der Waals surface area contributed by atoms with Gasteiger partial charge in [0.1, 0.15) is 5.82 Å². The molecule has 5 nitrogen and oxygen atoms in total. The first-order valence-corrected chi connectivity index (χ1v) is 6.05. The molecule has 0 bridgehead atoms. The number of hydrogen-bond acceptors (Lipinski definition) is 6. The number of hydrazine groups is 1. The van der Waals surface area contributed by atoms with Gasteiger partial charge in [-0.15, -0.1) is 0 Å². The first-order valence-electron chi connectivity index (χ1n) is 4.82. The highest BCUT2D eigenvalue weighted by Crippen LogP contribution is 2.18. The molecule has 0 fully saturated rings. The van der Waals surface area contributed by atoms with Crippen LogP contribution in [0.3, 0.4) is 0 Å². The maximum atomic E-state index is 5.47. The van der Waals surface area contributed by atoms with E-state index in [1.807, 2.05) is 6.26 Å². The predicted octanol–water partition coefficient (Wildman–Crippen LogP) is 1.66. The maximum absolute atomic E-state index is 5.47. The van der Waals surface area contributed by atoms with Gasteiger partial charge in [-0.1, -0.05) is 25.1 Å². The summed E-state index contributed by atoms with van der Waals surface area (Å²) >= 11 is 1.45. The monoisotopic (exact) mass is 228 g/mol. The van der Waals surface area contributed by atoms with Crippen molar-refractivity contribution in [3.63, 3.8) is 0 Å². The first-order chi connectivity index (χ1) is 7.30. The molecule has 0 atom stereocenters. The zero-order chi connectivity index (χ0) is 11.1. The van der Waals surface area contributed by atoms with Crippen LogP contribution in [0.4, 0.5) is 5.82 Å². The number of nitrogen functional groups attached to an aromatic ring is 1. The van der Waals surface area contributed by atoms with E-state index in [-0.39, 0.29) is 0 Å². The lowest BCUT2D eigenvalue weighted by molar-refractivity contribution is 0.295. The smallest absolute Gasteiger partial charge is 0.219 e. The largest absolute Gasteiger partial charge is 0.478 e. The number of nitrogens with zero attached hydrogens (tertiary/aromatic N) is 2. The minimum atomic E-state index is 0.566. The Balaban J connectivity index is 2.68. The lowest BCUT2D eigenvalue weighted by atomic mass is 10.4. The van der Waals surface area contributed by atoms with Crippen molar-refractivity contribution in [3.8, 4) is 5.88 Å². The quantitative estimate of drug-likeness (QED) is 0.254. The maximum Gasteiger partial charge on any atom is 0.219 e. The van der Waals surface area contributed by atoms with Gasteiger partial charge < -0.3 is 10.2 Å². The van der Waals surface area contributed by atoms with Crippen LogP contribution in [0.5, 0.6) is 5.88 Å². The molecular weight excluding hydrogens is 212 g/mol. The predicted molar refractivity (Wildman–Crippen MR) is 62.0 cm³/mol. The highest BCUT2D eigenvalue weighted by atomic mass is 32.2. The molecule has 84 valence electrons. The Kier molecular flexibility index (Phi) is 5.20. The summed E-state index contributed by atoms with van der Waals surface area (Å²) in [5.74, 6) is 6.43. The van der Waals surface area contributed by atoms with Crippen LogP contribution >= 0.6 is 11.8 Å². The molecule has 0 unspecified atom stereocenters. The summed E-state index contributed by atoms with van der Waals surface area (Å²) in [6.07, 6.45) is 4.03. The van der Waals surface area contributed by atoms with Gasteiger partial charge in [-0.2, -0.15) is 4.98 Å². The number of hydrogen-bond donors (Lipinski definition) is 2. The molecule has 0 aliphatic rings. The molecule has 1 aromatic heterocycles. The van der Waals surface area contributed by atoms with E-state index in [4.69, 9.17) is 10.6 Å². The van der Waals surface area contributed by atoms with Crippen LogP contribution in [0.1, 0.15) is 19.8 Å². The summed E-state index contributed by atoms with van der Waals surface area (Å²) in [7, 11) is 0. The van der Waals surface area contributed by atoms with Crippen molar-refractivity contribution in [3.05, 3.63) is 6.07 Å². The molecule has 0 aliphatic carbocycles.